The van der Waals surface area contributed by atoms with Gasteiger partial charge in [-0.1, -0.05) is 0 Å². The number of likely N-dealkylation sites (tertiary alicyclic amines) is 1. The van der Waals surface area contributed by atoms with E-state index in [4.69, 9.17) is 20.2 Å². The van der Waals surface area contributed by atoms with Crippen molar-refractivity contribution in [2.75, 3.05) is 13.3 Å². The summed E-state index contributed by atoms with van der Waals surface area (Å²) >= 11 is 0. The number of primary amides is 1. The fourth-order valence-corrected chi connectivity index (χ4v) is 4.93. The summed E-state index contributed by atoms with van der Waals surface area (Å²) in [6.07, 6.45) is 11.5. The predicted molar refractivity (Wildman–Crippen MR) is 118 cm³/mol. The van der Waals surface area contributed by atoms with Crippen molar-refractivity contribution in [3.8, 4) is 17.4 Å². The largest absolute Gasteiger partial charge is 0.454 e. The quantitative estimate of drug-likeness (QED) is 0.597. The van der Waals surface area contributed by atoms with Crippen molar-refractivity contribution in [1.29, 1.82) is 0 Å². The van der Waals surface area contributed by atoms with E-state index in [1.165, 1.54) is 0 Å². The highest BCUT2D eigenvalue weighted by molar-refractivity contribution is 5.74. The zero-order valence-electron chi connectivity index (χ0n) is 17.9. The molecule has 0 bridgehead atoms. The Morgan fingerprint density at radius 1 is 1.16 bits per heavy atom. The number of nitrogens with zero attached hydrogens (tertiary/aromatic N) is 5. The van der Waals surface area contributed by atoms with Crippen LogP contribution in [0.2, 0.25) is 0 Å². The van der Waals surface area contributed by atoms with E-state index in [2.05, 4.69) is 16.0 Å². The molecule has 166 valence electrons. The minimum Gasteiger partial charge on any atom is -0.454 e. The average molecular weight is 436 g/mol. The Morgan fingerprint density at radius 3 is 2.91 bits per heavy atom. The molecule has 1 amide bonds. The number of amides is 1. The first-order valence-corrected chi connectivity index (χ1v) is 11.0. The Hall–Kier alpha value is -3.46. The molecule has 4 heterocycles. The van der Waals surface area contributed by atoms with E-state index in [1.807, 2.05) is 24.4 Å². The summed E-state index contributed by atoms with van der Waals surface area (Å²) in [6, 6.07) is 8.05. The molecule has 9 nitrogen and oxygen atoms in total. The maximum atomic E-state index is 12.1. The molecule has 32 heavy (non-hydrogen) atoms. The SMILES string of the molecule is NC(=O)CC1CCCCC[N+]1(Cc1ccc2c(c1)OCO2)c1ccnc(-n2ccnc2)n1. The molecule has 2 aromatic heterocycles. The van der Waals surface area contributed by atoms with Crippen molar-refractivity contribution in [1.82, 2.24) is 24.0 Å². The number of hydrogen-bond acceptors (Lipinski definition) is 6. The molecule has 2 N–H and O–H groups in total. The van der Waals surface area contributed by atoms with Gasteiger partial charge in [0.25, 0.3) is 0 Å². The van der Waals surface area contributed by atoms with Crippen LogP contribution in [0.5, 0.6) is 11.5 Å². The number of benzene rings is 1. The van der Waals surface area contributed by atoms with Gasteiger partial charge in [0.1, 0.15) is 18.9 Å². The molecule has 1 fully saturated rings. The standard InChI is InChI=1S/C23H26N6O3/c24-21(30)13-18-4-2-1-3-11-29(18,14-17-5-6-19-20(12-17)32-16-31-19)22-7-8-26-23(27-22)28-10-9-25-15-28/h5-10,12,15,18H,1-4,11,13-14,16H2,(H-,24,30)/p+1. The molecule has 5 rings (SSSR count). The van der Waals surface area contributed by atoms with E-state index in [0.717, 1.165) is 55.1 Å². The lowest BCUT2D eigenvalue weighted by Crippen LogP contribution is -2.57. The average Bonchev–Trinajstić information content (AvgIpc) is 3.45. The number of aromatic nitrogens is 4. The molecular formula is C23H27N6O3+. The monoisotopic (exact) mass is 435 g/mol. The maximum Gasteiger partial charge on any atom is 0.239 e. The van der Waals surface area contributed by atoms with E-state index < -0.39 is 0 Å². The number of carbonyl (C=O) groups excluding carboxylic acids is 1. The lowest BCUT2D eigenvalue weighted by atomic mass is 10.0. The van der Waals surface area contributed by atoms with Gasteiger partial charge in [0.05, 0.1) is 13.0 Å². The number of fused-ring (bicyclic) bond motifs is 1. The second-order valence-electron chi connectivity index (χ2n) is 8.46. The molecule has 2 atom stereocenters. The van der Waals surface area contributed by atoms with Crippen LogP contribution < -0.4 is 19.7 Å². The minimum atomic E-state index is -0.283. The molecule has 1 aromatic carbocycles. The van der Waals surface area contributed by atoms with Crippen molar-refractivity contribution >= 4 is 11.7 Å². The van der Waals surface area contributed by atoms with Crippen molar-refractivity contribution in [2.24, 2.45) is 5.73 Å². The summed E-state index contributed by atoms with van der Waals surface area (Å²) in [7, 11) is 0. The molecule has 0 radical (unpaired) electrons. The van der Waals surface area contributed by atoms with Gasteiger partial charge in [-0.15, -0.1) is 0 Å². The van der Waals surface area contributed by atoms with Gasteiger partial charge in [-0.3, -0.25) is 13.8 Å². The van der Waals surface area contributed by atoms with Crippen LogP contribution in [-0.2, 0) is 11.3 Å². The van der Waals surface area contributed by atoms with Crippen molar-refractivity contribution in [2.45, 2.75) is 44.7 Å². The van der Waals surface area contributed by atoms with Gasteiger partial charge >= 0.3 is 0 Å². The van der Waals surface area contributed by atoms with Gasteiger partial charge in [-0.25, -0.2) is 9.97 Å². The molecule has 0 aliphatic carbocycles. The fraction of sp³-hybridized carbons (Fsp3) is 0.391. The first kappa shape index (κ1) is 20.4. The zero-order valence-corrected chi connectivity index (χ0v) is 17.9. The van der Waals surface area contributed by atoms with Crippen molar-refractivity contribution in [3.63, 3.8) is 0 Å². The number of ether oxygens (including phenoxy) is 2. The summed E-state index contributed by atoms with van der Waals surface area (Å²) in [6.45, 7) is 1.78. The summed E-state index contributed by atoms with van der Waals surface area (Å²) in [5.41, 5.74) is 6.82. The van der Waals surface area contributed by atoms with Gasteiger partial charge in [-0.05, 0) is 37.5 Å². The van der Waals surface area contributed by atoms with E-state index in [-0.39, 0.29) is 18.7 Å². The highest BCUT2D eigenvalue weighted by atomic mass is 16.7. The Bertz CT molecular complexity index is 1100. The summed E-state index contributed by atoms with van der Waals surface area (Å²) in [5.74, 6) is 2.67. The van der Waals surface area contributed by atoms with Crippen molar-refractivity contribution < 1.29 is 14.3 Å². The fourth-order valence-electron chi connectivity index (χ4n) is 4.93. The summed E-state index contributed by atoms with van der Waals surface area (Å²) in [5, 5.41) is 0. The normalized spacial score (nSPS) is 22.4. The number of quaternary nitrogens is 1. The van der Waals surface area contributed by atoms with Crippen LogP contribution in [0.3, 0.4) is 0 Å². The summed E-state index contributed by atoms with van der Waals surface area (Å²) < 4.78 is 13.4. The first-order chi connectivity index (χ1) is 15.6. The van der Waals surface area contributed by atoms with Crippen LogP contribution in [0.1, 0.15) is 37.7 Å². The number of imidazole rings is 1. The second-order valence-corrected chi connectivity index (χ2v) is 8.46. The minimum absolute atomic E-state index is 0.0333. The lowest BCUT2D eigenvalue weighted by Gasteiger charge is -2.42. The number of nitrogens with two attached hydrogens (primary N) is 1. The van der Waals surface area contributed by atoms with Gasteiger partial charge in [0.2, 0.25) is 24.5 Å². The molecule has 2 unspecified atom stereocenters. The molecule has 0 spiro atoms. The van der Waals surface area contributed by atoms with Crippen LogP contribution in [-0.4, -0.2) is 44.8 Å². The van der Waals surface area contributed by atoms with Crippen LogP contribution in [0.25, 0.3) is 5.95 Å². The van der Waals surface area contributed by atoms with Crippen molar-refractivity contribution in [3.05, 3.63) is 54.7 Å². The number of carbonyl (C=O) groups is 1. The highest BCUT2D eigenvalue weighted by Crippen LogP contribution is 2.38. The Morgan fingerprint density at radius 2 is 2.06 bits per heavy atom. The third-order valence-corrected chi connectivity index (χ3v) is 6.45. The Balaban J connectivity index is 1.61. The molecule has 3 aromatic rings. The van der Waals surface area contributed by atoms with Crippen LogP contribution in [0.4, 0.5) is 5.82 Å². The van der Waals surface area contributed by atoms with E-state index in [0.29, 0.717) is 23.4 Å². The maximum absolute atomic E-state index is 12.1. The molecule has 9 heteroatoms. The second kappa shape index (κ2) is 8.58. The van der Waals surface area contributed by atoms with Gasteiger partial charge in [0.15, 0.2) is 11.5 Å². The molecular weight excluding hydrogens is 408 g/mol. The van der Waals surface area contributed by atoms with E-state index >= 15 is 0 Å². The topological polar surface area (TPSA) is 105 Å². The lowest BCUT2D eigenvalue weighted by molar-refractivity contribution is -0.119. The van der Waals surface area contributed by atoms with E-state index in [1.54, 1.807) is 23.3 Å². The molecule has 1 saturated heterocycles. The zero-order chi connectivity index (χ0) is 22.0. The molecule has 2 aliphatic rings. The summed E-state index contributed by atoms with van der Waals surface area (Å²) in [4.78, 5) is 25.6. The molecule has 0 saturated carbocycles. The van der Waals surface area contributed by atoms with Gasteiger partial charge in [-0.2, -0.15) is 4.98 Å². The van der Waals surface area contributed by atoms with Crippen LogP contribution in [0.15, 0.2) is 49.2 Å². The first-order valence-electron chi connectivity index (χ1n) is 11.0. The smallest absolute Gasteiger partial charge is 0.239 e. The van der Waals surface area contributed by atoms with Gasteiger partial charge in [0, 0.05) is 36.6 Å². The Labute approximate surface area is 186 Å². The van der Waals surface area contributed by atoms with Crippen LogP contribution in [0, 0.1) is 0 Å². The van der Waals surface area contributed by atoms with Crippen LogP contribution >= 0.6 is 0 Å². The number of hydrogen-bond donors (Lipinski definition) is 1. The van der Waals surface area contributed by atoms with Gasteiger partial charge < -0.3 is 15.2 Å². The van der Waals surface area contributed by atoms with E-state index in [9.17, 15) is 4.79 Å². The third kappa shape index (κ3) is 3.91. The third-order valence-electron chi connectivity index (χ3n) is 6.45. The molecule has 2 aliphatic heterocycles. The highest BCUT2D eigenvalue weighted by Gasteiger charge is 2.43. The predicted octanol–water partition coefficient (Wildman–Crippen LogP) is 2.72. The Kier molecular flexibility index (Phi) is 5.48. The number of rotatable bonds is 6.